The van der Waals surface area contributed by atoms with Gasteiger partial charge in [-0.1, -0.05) is 27.7 Å². The predicted molar refractivity (Wildman–Crippen MR) is 62.4 cm³/mol. The van der Waals surface area contributed by atoms with Crippen molar-refractivity contribution in [1.29, 1.82) is 0 Å². The minimum absolute atomic E-state index is 0.261. The van der Waals surface area contributed by atoms with E-state index in [1.165, 1.54) is 6.42 Å². The fourth-order valence-electron chi connectivity index (χ4n) is 1.97. The van der Waals surface area contributed by atoms with Gasteiger partial charge in [-0.15, -0.1) is 12.3 Å². The van der Waals surface area contributed by atoms with Crippen molar-refractivity contribution in [1.82, 2.24) is 5.43 Å². The smallest absolute Gasteiger partial charge is 0.0322 e. The molecule has 0 fully saturated rings. The van der Waals surface area contributed by atoms with Crippen LogP contribution in [0.3, 0.4) is 0 Å². The number of terminal acetylenes is 1. The number of rotatable bonds is 5. The van der Waals surface area contributed by atoms with Gasteiger partial charge < -0.3 is 0 Å². The minimum Gasteiger partial charge on any atom is -0.271 e. The monoisotopic (exact) mass is 196 g/mol. The van der Waals surface area contributed by atoms with Crippen LogP contribution in [0.15, 0.2) is 0 Å². The molecule has 82 valence electrons. The molecule has 0 aliphatic carbocycles. The third kappa shape index (κ3) is 6.94. The molecule has 0 saturated heterocycles. The largest absolute Gasteiger partial charge is 0.271 e. The Kier molecular flexibility index (Phi) is 5.83. The van der Waals surface area contributed by atoms with Gasteiger partial charge in [0, 0.05) is 12.5 Å². The third-order valence-corrected chi connectivity index (χ3v) is 2.25. The van der Waals surface area contributed by atoms with Crippen LogP contribution in [0.4, 0.5) is 0 Å². The molecule has 0 spiro atoms. The maximum absolute atomic E-state index is 5.43. The quantitative estimate of drug-likeness (QED) is 0.402. The van der Waals surface area contributed by atoms with Gasteiger partial charge in [0.25, 0.3) is 0 Å². The fourth-order valence-corrected chi connectivity index (χ4v) is 1.97. The third-order valence-electron chi connectivity index (χ3n) is 2.25. The standard InChI is InChI=1S/C12H24N2/c1-6-7-11(14-13)8-10(2)9-12(3,4)5/h1,10-11,14H,7-9,13H2,2-5H3. The Morgan fingerprint density at radius 2 is 2.00 bits per heavy atom. The fraction of sp³-hybridized carbons (Fsp3) is 0.833. The molecule has 0 rings (SSSR count). The van der Waals surface area contributed by atoms with E-state index >= 15 is 0 Å². The second-order valence-corrected chi connectivity index (χ2v) is 5.38. The summed E-state index contributed by atoms with van der Waals surface area (Å²) in [5.41, 5.74) is 3.16. The molecule has 0 aromatic rings. The average Bonchev–Trinajstić information content (AvgIpc) is 2.00. The summed E-state index contributed by atoms with van der Waals surface area (Å²) in [6.07, 6.45) is 8.23. The SMILES string of the molecule is C#CCC(CC(C)CC(C)(C)C)NN. The van der Waals surface area contributed by atoms with Crippen LogP contribution in [0, 0.1) is 23.7 Å². The molecule has 2 heteroatoms. The van der Waals surface area contributed by atoms with Crippen LogP contribution in [-0.4, -0.2) is 6.04 Å². The van der Waals surface area contributed by atoms with Gasteiger partial charge in [-0.2, -0.15) is 0 Å². The van der Waals surface area contributed by atoms with E-state index in [2.05, 4.69) is 39.0 Å². The summed E-state index contributed by atoms with van der Waals surface area (Å²) in [6, 6.07) is 0.261. The molecule has 0 aliphatic rings. The molecule has 3 N–H and O–H groups in total. The molecule has 14 heavy (non-hydrogen) atoms. The van der Waals surface area contributed by atoms with Crippen LogP contribution in [0.2, 0.25) is 0 Å². The Balaban J connectivity index is 3.91. The highest BCUT2D eigenvalue weighted by Crippen LogP contribution is 2.26. The number of nitrogens with one attached hydrogen (secondary N) is 1. The molecular formula is C12H24N2. The van der Waals surface area contributed by atoms with Crippen LogP contribution in [0.1, 0.15) is 47.0 Å². The summed E-state index contributed by atoms with van der Waals surface area (Å²) in [7, 11) is 0. The molecule has 0 heterocycles. The molecule has 0 aliphatic heterocycles. The van der Waals surface area contributed by atoms with Gasteiger partial charge in [-0.25, -0.2) is 0 Å². The molecule has 2 atom stereocenters. The van der Waals surface area contributed by atoms with E-state index in [0.717, 1.165) is 6.42 Å². The Labute approximate surface area is 88.6 Å². The summed E-state index contributed by atoms with van der Waals surface area (Å²) in [5, 5.41) is 0. The normalized spacial score (nSPS) is 16.0. The summed E-state index contributed by atoms with van der Waals surface area (Å²) in [6.45, 7) is 9.03. The number of hydrazine groups is 1. The van der Waals surface area contributed by atoms with Gasteiger partial charge in [0.2, 0.25) is 0 Å². The zero-order valence-corrected chi connectivity index (χ0v) is 9.93. The Bertz CT molecular complexity index is 185. The van der Waals surface area contributed by atoms with Crippen LogP contribution in [0.5, 0.6) is 0 Å². The lowest BCUT2D eigenvalue weighted by Crippen LogP contribution is -2.36. The second-order valence-electron chi connectivity index (χ2n) is 5.38. The molecule has 0 bridgehead atoms. The van der Waals surface area contributed by atoms with E-state index < -0.39 is 0 Å². The highest BCUT2D eigenvalue weighted by atomic mass is 15.2. The Morgan fingerprint density at radius 1 is 1.43 bits per heavy atom. The molecule has 0 aromatic heterocycles. The summed E-state index contributed by atoms with van der Waals surface area (Å²) in [4.78, 5) is 0. The first-order valence-electron chi connectivity index (χ1n) is 5.28. The van der Waals surface area contributed by atoms with E-state index in [4.69, 9.17) is 12.3 Å². The topological polar surface area (TPSA) is 38.0 Å². The van der Waals surface area contributed by atoms with Crippen molar-refractivity contribution in [2.75, 3.05) is 0 Å². The lowest BCUT2D eigenvalue weighted by molar-refractivity contribution is 0.276. The summed E-state index contributed by atoms with van der Waals surface area (Å²) in [5.74, 6) is 8.73. The number of nitrogens with two attached hydrogens (primary N) is 1. The minimum atomic E-state index is 0.261. The molecule has 0 amide bonds. The van der Waals surface area contributed by atoms with E-state index in [1.807, 2.05) is 0 Å². The first-order chi connectivity index (χ1) is 6.39. The second kappa shape index (κ2) is 6.06. The number of hydrogen-bond donors (Lipinski definition) is 2. The molecule has 0 radical (unpaired) electrons. The lowest BCUT2D eigenvalue weighted by atomic mass is 9.82. The van der Waals surface area contributed by atoms with Crippen LogP contribution >= 0.6 is 0 Å². The molecule has 0 saturated carbocycles. The maximum atomic E-state index is 5.43. The van der Waals surface area contributed by atoms with Crippen molar-refractivity contribution in [2.24, 2.45) is 17.2 Å². The van der Waals surface area contributed by atoms with Crippen molar-refractivity contribution in [3.05, 3.63) is 0 Å². The summed E-state index contributed by atoms with van der Waals surface area (Å²) < 4.78 is 0. The zero-order chi connectivity index (χ0) is 11.2. The average molecular weight is 196 g/mol. The maximum Gasteiger partial charge on any atom is 0.0322 e. The van der Waals surface area contributed by atoms with Gasteiger partial charge in [-0.05, 0) is 24.2 Å². The van der Waals surface area contributed by atoms with E-state index in [0.29, 0.717) is 17.8 Å². The number of hydrogen-bond acceptors (Lipinski definition) is 2. The zero-order valence-electron chi connectivity index (χ0n) is 9.93. The highest BCUT2D eigenvalue weighted by Gasteiger charge is 2.17. The van der Waals surface area contributed by atoms with Gasteiger partial charge in [0.1, 0.15) is 0 Å². The molecule has 2 unspecified atom stereocenters. The highest BCUT2D eigenvalue weighted by molar-refractivity contribution is 4.89. The van der Waals surface area contributed by atoms with Crippen molar-refractivity contribution < 1.29 is 0 Å². The lowest BCUT2D eigenvalue weighted by Gasteiger charge is -2.25. The van der Waals surface area contributed by atoms with Crippen molar-refractivity contribution in [3.8, 4) is 12.3 Å². The molecular weight excluding hydrogens is 172 g/mol. The van der Waals surface area contributed by atoms with E-state index in [-0.39, 0.29) is 6.04 Å². The first-order valence-corrected chi connectivity index (χ1v) is 5.28. The van der Waals surface area contributed by atoms with E-state index in [1.54, 1.807) is 0 Å². The molecule has 2 nitrogen and oxygen atoms in total. The van der Waals surface area contributed by atoms with Crippen LogP contribution in [-0.2, 0) is 0 Å². The van der Waals surface area contributed by atoms with Gasteiger partial charge >= 0.3 is 0 Å². The Hall–Kier alpha value is -0.520. The van der Waals surface area contributed by atoms with Crippen molar-refractivity contribution in [3.63, 3.8) is 0 Å². The van der Waals surface area contributed by atoms with Crippen molar-refractivity contribution >= 4 is 0 Å². The van der Waals surface area contributed by atoms with E-state index in [9.17, 15) is 0 Å². The predicted octanol–water partition coefficient (Wildman–Crippen LogP) is 2.30. The van der Waals surface area contributed by atoms with Gasteiger partial charge in [-0.3, -0.25) is 11.3 Å². The molecule has 0 aromatic carbocycles. The van der Waals surface area contributed by atoms with Crippen LogP contribution in [0.25, 0.3) is 0 Å². The van der Waals surface area contributed by atoms with Crippen molar-refractivity contribution in [2.45, 2.75) is 53.0 Å². The summed E-state index contributed by atoms with van der Waals surface area (Å²) >= 11 is 0. The van der Waals surface area contributed by atoms with Crippen LogP contribution < -0.4 is 11.3 Å². The Morgan fingerprint density at radius 3 is 2.36 bits per heavy atom. The van der Waals surface area contributed by atoms with Gasteiger partial charge in [0.15, 0.2) is 0 Å². The first kappa shape index (κ1) is 13.5. The van der Waals surface area contributed by atoms with Gasteiger partial charge in [0.05, 0.1) is 0 Å².